The van der Waals surface area contributed by atoms with E-state index in [9.17, 15) is 22.4 Å². The highest BCUT2D eigenvalue weighted by atomic mass is 19.4. The molecule has 1 heterocycles. The summed E-state index contributed by atoms with van der Waals surface area (Å²) in [6.07, 6.45) is -0.611. The number of hydrogen-bond acceptors (Lipinski definition) is 2. The molecule has 0 aromatic heterocycles. The maximum Gasteiger partial charge on any atom is 0.416 e. The maximum atomic E-state index is 13.8. The van der Waals surface area contributed by atoms with Gasteiger partial charge in [0.25, 0.3) is 0 Å². The maximum absolute atomic E-state index is 13.8. The van der Waals surface area contributed by atoms with E-state index >= 15 is 0 Å². The van der Waals surface area contributed by atoms with Crippen LogP contribution in [0, 0.1) is 5.82 Å². The number of aryl methyl sites for hydroxylation is 2. The van der Waals surface area contributed by atoms with E-state index in [2.05, 4.69) is 0 Å². The number of rotatable bonds is 9. The molecule has 0 bridgehead atoms. The third-order valence-corrected chi connectivity index (χ3v) is 6.22. The predicted molar refractivity (Wildman–Crippen MR) is 123 cm³/mol. The summed E-state index contributed by atoms with van der Waals surface area (Å²) in [4.78, 5) is 16.8. The van der Waals surface area contributed by atoms with Gasteiger partial charge in [0.1, 0.15) is 5.82 Å². The number of fused-ring (bicyclic) bond motifs is 1. The predicted octanol–water partition coefficient (Wildman–Crippen LogP) is 6.25. The van der Waals surface area contributed by atoms with Gasteiger partial charge in [-0.15, -0.1) is 0 Å². The number of alkyl halides is 3. The highest BCUT2D eigenvalue weighted by Crippen LogP contribution is 2.35. The van der Waals surface area contributed by atoms with Crippen LogP contribution in [-0.2, 0) is 23.8 Å². The molecule has 0 spiro atoms. The van der Waals surface area contributed by atoms with Crippen molar-refractivity contribution in [1.29, 1.82) is 0 Å². The highest BCUT2D eigenvalue weighted by Gasteiger charge is 2.32. The molecule has 0 unspecified atom stereocenters. The lowest BCUT2D eigenvalue weighted by molar-refractivity contribution is -0.137. The third-order valence-electron chi connectivity index (χ3n) is 6.22. The zero-order chi connectivity index (χ0) is 24.0. The molecule has 0 fully saturated rings. The molecule has 0 saturated carbocycles. The SMILES string of the molecule is CCCN(C(=O)CCCc1ccccc1F)[C@@H](C)CN1CCCc2ccc(C(F)(F)F)cc21. The van der Waals surface area contributed by atoms with Crippen LogP contribution in [0.1, 0.15) is 56.2 Å². The van der Waals surface area contributed by atoms with Crippen LogP contribution in [0.4, 0.5) is 23.2 Å². The van der Waals surface area contributed by atoms with Gasteiger partial charge in [0.2, 0.25) is 5.91 Å². The van der Waals surface area contributed by atoms with Crippen molar-refractivity contribution in [2.75, 3.05) is 24.5 Å². The minimum atomic E-state index is -4.38. The molecule has 3 rings (SSSR count). The van der Waals surface area contributed by atoms with Gasteiger partial charge in [0.05, 0.1) is 5.56 Å². The van der Waals surface area contributed by atoms with Gasteiger partial charge in [0.15, 0.2) is 0 Å². The van der Waals surface area contributed by atoms with Gasteiger partial charge in [-0.1, -0.05) is 31.2 Å². The molecule has 0 radical (unpaired) electrons. The molecule has 1 aliphatic heterocycles. The Morgan fingerprint density at radius 2 is 1.94 bits per heavy atom. The van der Waals surface area contributed by atoms with Crippen molar-refractivity contribution < 1.29 is 22.4 Å². The molecular weight excluding hydrogens is 432 g/mol. The summed E-state index contributed by atoms with van der Waals surface area (Å²) < 4.78 is 53.6. The van der Waals surface area contributed by atoms with Gasteiger partial charge >= 0.3 is 6.18 Å². The van der Waals surface area contributed by atoms with Crippen molar-refractivity contribution in [1.82, 2.24) is 4.90 Å². The van der Waals surface area contributed by atoms with E-state index in [1.807, 2.05) is 23.6 Å². The topological polar surface area (TPSA) is 23.6 Å². The summed E-state index contributed by atoms with van der Waals surface area (Å²) >= 11 is 0. The van der Waals surface area contributed by atoms with E-state index in [-0.39, 0.29) is 17.8 Å². The van der Waals surface area contributed by atoms with Gasteiger partial charge < -0.3 is 9.80 Å². The number of carbonyl (C=O) groups excluding carboxylic acids is 1. The van der Waals surface area contributed by atoms with Crippen LogP contribution >= 0.6 is 0 Å². The summed E-state index contributed by atoms with van der Waals surface area (Å²) in [5, 5.41) is 0. The van der Waals surface area contributed by atoms with Crippen LogP contribution in [0.2, 0.25) is 0 Å². The van der Waals surface area contributed by atoms with Crippen molar-refractivity contribution in [3.05, 3.63) is 65.0 Å². The van der Waals surface area contributed by atoms with Crippen molar-refractivity contribution in [2.45, 2.75) is 64.6 Å². The number of nitrogens with zero attached hydrogens (tertiary/aromatic N) is 2. The Morgan fingerprint density at radius 3 is 2.64 bits per heavy atom. The molecule has 1 amide bonds. The van der Waals surface area contributed by atoms with Crippen molar-refractivity contribution in [3.8, 4) is 0 Å². The molecule has 3 nitrogen and oxygen atoms in total. The Kier molecular flexibility index (Phi) is 8.38. The molecule has 2 aromatic rings. The largest absolute Gasteiger partial charge is 0.416 e. The molecule has 0 N–H and O–H groups in total. The van der Waals surface area contributed by atoms with E-state index in [0.717, 1.165) is 30.9 Å². The Bertz CT molecular complexity index is 944. The van der Waals surface area contributed by atoms with E-state index in [1.165, 1.54) is 12.1 Å². The van der Waals surface area contributed by atoms with Crippen LogP contribution in [-0.4, -0.2) is 36.5 Å². The monoisotopic (exact) mass is 464 g/mol. The molecular formula is C26H32F4N2O. The van der Waals surface area contributed by atoms with Crippen LogP contribution in [0.3, 0.4) is 0 Å². The zero-order valence-corrected chi connectivity index (χ0v) is 19.3. The first kappa shape index (κ1) is 25.1. The van der Waals surface area contributed by atoms with Gasteiger partial charge in [0, 0.05) is 37.8 Å². The fraction of sp³-hybridized carbons (Fsp3) is 0.500. The average Bonchev–Trinajstić information content (AvgIpc) is 2.78. The second-order valence-electron chi connectivity index (χ2n) is 8.77. The molecule has 0 aliphatic carbocycles. The molecule has 1 aliphatic rings. The summed E-state index contributed by atoms with van der Waals surface area (Å²) in [6, 6.07) is 10.4. The molecule has 180 valence electrons. The Hall–Kier alpha value is -2.57. The standard InChI is InChI=1S/C26H32F4N2O/c1-3-15-32(25(33)12-6-9-20-8-4-5-11-23(20)27)19(2)18-31-16-7-10-21-13-14-22(17-24(21)31)26(28,29)30/h4-5,8,11,13-14,17,19H,3,6-7,9-10,12,15-16,18H2,1-2H3/t19-/m0/s1. The average molecular weight is 465 g/mol. The quantitative estimate of drug-likeness (QED) is 0.410. The first-order valence-electron chi connectivity index (χ1n) is 11.7. The first-order chi connectivity index (χ1) is 15.7. The summed E-state index contributed by atoms with van der Waals surface area (Å²) in [7, 11) is 0. The lowest BCUT2D eigenvalue weighted by Gasteiger charge is -2.37. The molecule has 0 saturated heterocycles. The van der Waals surface area contributed by atoms with Crippen molar-refractivity contribution >= 4 is 11.6 Å². The van der Waals surface area contributed by atoms with Crippen molar-refractivity contribution in [3.63, 3.8) is 0 Å². The van der Waals surface area contributed by atoms with Gasteiger partial charge in [-0.05, 0) is 68.4 Å². The lowest BCUT2D eigenvalue weighted by Crippen LogP contribution is -2.47. The Labute approximate surface area is 193 Å². The Morgan fingerprint density at radius 1 is 1.18 bits per heavy atom. The number of hydrogen-bond donors (Lipinski definition) is 0. The van der Waals surface area contributed by atoms with Gasteiger partial charge in [-0.25, -0.2) is 4.39 Å². The van der Waals surface area contributed by atoms with E-state index in [1.54, 1.807) is 24.3 Å². The van der Waals surface area contributed by atoms with E-state index < -0.39 is 11.7 Å². The number of amides is 1. The first-order valence-corrected chi connectivity index (χ1v) is 11.7. The zero-order valence-electron chi connectivity index (χ0n) is 19.3. The van der Waals surface area contributed by atoms with E-state index in [0.29, 0.717) is 50.1 Å². The highest BCUT2D eigenvalue weighted by molar-refractivity contribution is 5.76. The number of benzene rings is 2. The second-order valence-corrected chi connectivity index (χ2v) is 8.77. The minimum absolute atomic E-state index is 0.00182. The summed E-state index contributed by atoms with van der Waals surface area (Å²) in [5.74, 6) is -0.257. The number of anilines is 1. The van der Waals surface area contributed by atoms with Gasteiger partial charge in [-0.3, -0.25) is 4.79 Å². The fourth-order valence-corrected chi connectivity index (χ4v) is 4.54. The fourth-order valence-electron chi connectivity index (χ4n) is 4.54. The van der Waals surface area contributed by atoms with E-state index in [4.69, 9.17) is 0 Å². The third kappa shape index (κ3) is 6.49. The molecule has 33 heavy (non-hydrogen) atoms. The second kappa shape index (κ2) is 11.0. The molecule has 2 aromatic carbocycles. The smallest absolute Gasteiger partial charge is 0.369 e. The number of halogens is 4. The molecule has 7 heteroatoms. The summed E-state index contributed by atoms with van der Waals surface area (Å²) in [6.45, 7) is 5.68. The Balaban J connectivity index is 1.66. The minimum Gasteiger partial charge on any atom is -0.369 e. The van der Waals surface area contributed by atoms with Gasteiger partial charge in [-0.2, -0.15) is 13.2 Å². The van der Waals surface area contributed by atoms with Crippen molar-refractivity contribution in [2.24, 2.45) is 0 Å². The van der Waals surface area contributed by atoms with Crippen LogP contribution in [0.25, 0.3) is 0 Å². The normalized spacial score (nSPS) is 14.7. The molecule has 1 atom stereocenters. The van der Waals surface area contributed by atoms with Crippen LogP contribution in [0.15, 0.2) is 42.5 Å². The van der Waals surface area contributed by atoms with Crippen LogP contribution in [0.5, 0.6) is 0 Å². The summed E-state index contributed by atoms with van der Waals surface area (Å²) in [5.41, 5.74) is 1.49. The lowest BCUT2D eigenvalue weighted by atomic mass is 9.98. The number of carbonyl (C=O) groups is 1. The van der Waals surface area contributed by atoms with Crippen LogP contribution < -0.4 is 4.90 Å².